The molecule has 0 aliphatic heterocycles. The van der Waals surface area contributed by atoms with Crippen molar-refractivity contribution in [3.8, 4) is 0 Å². The smallest absolute Gasteiger partial charge is 0.320 e. The van der Waals surface area contributed by atoms with Crippen LogP contribution in [0.2, 0.25) is 0 Å². The van der Waals surface area contributed by atoms with E-state index in [0.29, 0.717) is 6.61 Å². The number of rotatable bonds is 8. The van der Waals surface area contributed by atoms with Gasteiger partial charge in [0, 0.05) is 6.04 Å². The molecule has 0 heterocycles. The first-order valence-corrected chi connectivity index (χ1v) is 6.13. The fourth-order valence-corrected chi connectivity index (χ4v) is 1.55. The highest BCUT2D eigenvalue weighted by atomic mass is 16.5. The normalized spacial score (nSPS) is 12.3. The van der Waals surface area contributed by atoms with Gasteiger partial charge in [-0.3, -0.25) is 14.5 Å². The Morgan fingerprint density at radius 2 is 1.94 bits per heavy atom. The van der Waals surface area contributed by atoms with E-state index in [1.54, 1.807) is 18.9 Å². The maximum Gasteiger partial charge on any atom is 0.320 e. The molecule has 0 saturated heterocycles. The van der Waals surface area contributed by atoms with Gasteiger partial charge in [-0.25, -0.2) is 0 Å². The Bertz CT molecular complexity index is 244. The van der Waals surface area contributed by atoms with Gasteiger partial charge in [-0.1, -0.05) is 13.3 Å². The maximum absolute atomic E-state index is 11.6. The number of nitrogens with zero attached hydrogens (tertiary/aromatic N) is 1. The molecule has 1 unspecified atom stereocenters. The summed E-state index contributed by atoms with van der Waals surface area (Å²) in [5.41, 5.74) is 0. The highest BCUT2D eigenvalue weighted by Crippen LogP contribution is 1.95. The first-order valence-electron chi connectivity index (χ1n) is 6.13. The number of nitrogens with one attached hydrogen (secondary N) is 1. The molecule has 0 aromatic heterocycles. The maximum atomic E-state index is 11.6. The second kappa shape index (κ2) is 8.98. The van der Waals surface area contributed by atoms with E-state index in [1.165, 1.54) is 0 Å². The molecule has 0 aromatic rings. The lowest BCUT2D eigenvalue weighted by Gasteiger charge is -2.17. The van der Waals surface area contributed by atoms with Gasteiger partial charge in [0.15, 0.2) is 0 Å². The molecular weight excluding hydrogens is 220 g/mol. The molecule has 5 heteroatoms. The van der Waals surface area contributed by atoms with Gasteiger partial charge < -0.3 is 10.1 Å². The molecule has 5 nitrogen and oxygen atoms in total. The van der Waals surface area contributed by atoms with Gasteiger partial charge in [0.05, 0.1) is 19.7 Å². The number of amides is 1. The van der Waals surface area contributed by atoms with Crippen LogP contribution in [0.4, 0.5) is 0 Å². The van der Waals surface area contributed by atoms with Crippen LogP contribution in [-0.2, 0) is 14.3 Å². The minimum absolute atomic E-state index is 0.0576. The van der Waals surface area contributed by atoms with Crippen molar-refractivity contribution >= 4 is 11.9 Å². The second-order valence-electron chi connectivity index (χ2n) is 4.23. The summed E-state index contributed by atoms with van der Waals surface area (Å²) in [6.07, 6.45) is 2.01. The van der Waals surface area contributed by atoms with Crippen LogP contribution in [0.25, 0.3) is 0 Å². The number of carbonyl (C=O) groups excluding carboxylic acids is 2. The van der Waals surface area contributed by atoms with Crippen LogP contribution in [0.1, 0.15) is 33.6 Å². The van der Waals surface area contributed by atoms with Crippen molar-refractivity contribution in [3.63, 3.8) is 0 Å². The Labute approximate surface area is 103 Å². The molecule has 1 amide bonds. The van der Waals surface area contributed by atoms with Gasteiger partial charge in [0.1, 0.15) is 0 Å². The van der Waals surface area contributed by atoms with Crippen molar-refractivity contribution in [1.29, 1.82) is 0 Å². The van der Waals surface area contributed by atoms with E-state index < -0.39 is 0 Å². The van der Waals surface area contributed by atoms with Gasteiger partial charge in [0.25, 0.3) is 0 Å². The number of carbonyl (C=O) groups is 2. The topological polar surface area (TPSA) is 58.6 Å². The zero-order chi connectivity index (χ0) is 13.3. The van der Waals surface area contributed by atoms with Gasteiger partial charge in [-0.15, -0.1) is 0 Å². The molecule has 0 bridgehead atoms. The first-order chi connectivity index (χ1) is 7.99. The SMILES string of the molecule is CCCC(C)NC(=O)CN(C)CC(=O)OCC. The van der Waals surface area contributed by atoms with E-state index in [0.717, 1.165) is 12.8 Å². The molecular formula is C12H24N2O3. The Morgan fingerprint density at radius 1 is 1.29 bits per heavy atom. The predicted molar refractivity (Wildman–Crippen MR) is 66.6 cm³/mol. The fraction of sp³-hybridized carbons (Fsp3) is 0.833. The lowest BCUT2D eigenvalue weighted by molar-refractivity contribution is -0.144. The largest absolute Gasteiger partial charge is 0.465 e. The minimum Gasteiger partial charge on any atom is -0.465 e. The summed E-state index contributed by atoms with van der Waals surface area (Å²) in [5.74, 6) is -0.359. The third-order valence-electron chi connectivity index (χ3n) is 2.25. The quantitative estimate of drug-likeness (QED) is 0.641. The molecule has 0 radical (unpaired) electrons. The minimum atomic E-state index is -0.301. The van der Waals surface area contributed by atoms with Crippen LogP contribution in [0.3, 0.4) is 0 Å². The zero-order valence-corrected chi connectivity index (χ0v) is 11.3. The van der Waals surface area contributed by atoms with Gasteiger partial charge >= 0.3 is 5.97 Å². The van der Waals surface area contributed by atoms with Crippen LogP contribution in [-0.4, -0.2) is 49.6 Å². The number of likely N-dealkylation sites (N-methyl/N-ethyl adjacent to an activating group) is 1. The molecule has 0 saturated carbocycles. The summed E-state index contributed by atoms with van der Waals surface area (Å²) in [6.45, 7) is 6.54. The number of hydrogen-bond donors (Lipinski definition) is 1. The van der Waals surface area contributed by atoms with Gasteiger partial charge in [-0.05, 0) is 27.3 Å². The molecule has 0 spiro atoms. The van der Waals surface area contributed by atoms with Crippen molar-refractivity contribution < 1.29 is 14.3 Å². The summed E-state index contributed by atoms with van der Waals surface area (Å²) >= 11 is 0. The standard InChI is InChI=1S/C12H24N2O3/c1-5-7-10(3)13-11(15)8-14(4)9-12(16)17-6-2/h10H,5-9H2,1-4H3,(H,13,15). The van der Waals surface area contributed by atoms with E-state index in [4.69, 9.17) is 4.74 Å². The van der Waals surface area contributed by atoms with E-state index in [-0.39, 0.29) is 31.0 Å². The predicted octanol–water partition coefficient (Wildman–Crippen LogP) is 0.786. The van der Waals surface area contributed by atoms with Crippen molar-refractivity contribution in [2.75, 3.05) is 26.7 Å². The molecule has 17 heavy (non-hydrogen) atoms. The molecule has 0 rings (SSSR count). The molecule has 0 fully saturated rings. The summed E-state index contributed by atoms with van der Waals surface area (Å²) in [5, 5.41) is 2.88. The molecule has 100 valence electrons. The summed E-state index contributed by atoms with van der Waals surface area (Å²) in [4.78, 5) is 24.4. The van der Waals surface area contributed by atoms with Crippen LogP contribution in [0, 0.1) is 0 Å². The van der Waals surface area contributed by atoms with Crippen LogP contribution < -0.4 is 5.32 Å². The Kier molecular flexibility index (Phi) is 8.40. The van der Waals surface area contributed by atoms with Crippen LogP contribution in [0.15, 0.2) is 0 Å². The molecule has 0 aliphatic carbocycles. The highest BCUT2D eigenvalue weighted by molar-refractivity contribution is 5.79. The number of hydrogen-bond acceptors (Lipinski definition) is 4. The third-order valence-corrected chi connectivity index (χ3v) is 2.25. The van der Waals surface area contributed by atoms with Crippen molar-refractivity contribution in [1.82, 2.24) is 10.2 Å². The Hall–Kier alpha value is -1.10. The monoisotopic (exact) mass is 244 g/mol. The first kappa shape index (κ1) is 15.9. The number of esters is 1. The van der Waals surface area contributed by atoms with Crippen molar-refractivity contribution in [2.24, 2.45) is 0 Å². The van der Waals surface area contributed by atoms with E-state index in [1.807, 2.05) is 6.92 Å². The molecule has 1 N–H and O–H groups in total. The Balaban J connectivity index is 3.83. The summed E-state index contributed by atoms with van der Waals surface area (Å²) in [7, 11) is 1.72. The van der Waals surface area contributed by atoms with E-state index in [9.17, 15) is 9.59 Å². The average Bonchev–Trinajstić information content (AvgIpc) is 2.16. The molecule has 0 aliphatic rings. The third kappa shape index (κ3) is 8.68. The second-order valence-corrected chi connectivity index (χ2v) is 4.23. The van der Waals surface area contributed by atoms with Crippen LogP contribution >= 0.6 is 0 Å². The Morgan fingerprint density at radius 3 is 2.47 bits per heavy atom. The molecule has 1 atom stereocenters. The van der Waals surface area contributed by atoms with Gasteiger partial charge in [0.2, 0.25) is 5.91 Å². The van der Waals surface area contributed by atoms with Crippen molar-refractivity contribution in [3.05, 3.63) is 0 Å². The lowest BCUT2D eigenvalue weighted by atomic mass is 10.2. The van der Waals surface area contributed by atoms with E-state index in [2.05, 4.69) is 12.2 Å². The lowest BCUT2D eigenvalue weighted by Crippen LogP contribution is -2.41. The van der Waals surface area contributed by atoms with Crippen molar-refractivity contribution in [2.45, 2.75) is 39.7 Å². The van der Waals surface area contributed by atoms with E-state index >= 15 is 0 Å². The highest BCUT2D eigenvalue weighted by Gasteiger charge is 2.12. The fourth-order valence-electron chi connectivity index (χ4n) is 1.55. The van der Waals surface area contributed by atoms with Crippen LogP contribution in [0.5, 0.6) is 0 Å². The molecule has 0 aromatic carbocycles. The number of ether oxygens (including phenoxy) is 1. The van der Waals surface area contributed by atoms with Gasteiger partial charge in [-0.2, -0.15) is 0 Å². The summed E-state index contributed by atoms with van der Waals surface area (Å²) < 4.78 is 4.80. The zero-order valence-electron chi connectivity index (χ0n) is 11.3. The average molecular weight is 244 g/mol. The summed E-state index contributed by atoms with van der Waals surface area (Å²) in [6, 6.07) is 0.184.